The van der Waals surface area contributed by atoms with Crippen molar-refractivity contribution in [3.05, 3.63) is 47.4 Å². The van der Waals surface area contributed by atoms with Crippen LogP contribution in [0.1, 0.15) is 32.4 Å². The molecule has 0 unspecified atom stereocenters. The van der Waals surface area contributed by atoms with Crippen LogP contribution in [0.2, 0.25) is 0 Å². The lowest BCUT2D eigenvalue weighted by Gasteiger charge is -2.30. The van der Waals surface area contributed by atoms with E-state index in [0.717, 1.165) is 5.56 Å². The zero-order valence-corrected chi connectivity index (χ0v) is 13.5. The Hall–Kier alpha value is -2.50. The lowest BCUT2D eigenvalue weighted by molar-refractivity contribution is -0.223. The highest BCUT2D eigenvalue weighted by Crippen LogP contribution is 2.38. The number of cyclic esters (lactones) is 2. The summed E-state index contributed by atoms with van der Waals surface area (Å²) in [7, 11) is 1.77. The SMILES string of the molecule is C[C@@H]1[C@@H](c2ccccc2)OC(=C2C(=O)OC(C)(C)OC2=O)N1C. The zero-order valence-electron chi connectivity index (χ0n) is 13.5. The Morgan fingerprint density at radius 2 is 1.61 bits per heavy atom. The van der Waals surface area contributed by atoms with Gasteiger partial charge in [-0.1, -0.05) is 30.3 Å². The third-order valence-corrected chi connectivity index (χ3v) is 4.04. The molecule has 1 aromatic rings. The maximum absolute atomic E-state index is 12.2. The van der Waals surface area contributed by atoms with E-state index in [9.17, 15) is 9.59 Å². The molecule has 0 spiro atoms. The minimum absolute atomic E-state index is 0.0459. The minimum atomic E-state index is -1.26. The van der Waals surface area contributed by atoms with Crippen molar-refractivity contribution in [1.29, 1.82) is 0 Å². The Morgan fingerprint density at radius 3 is 2.17 bits per heavy atom. The normalized spacial score (nSPS) is 26.7. The topological polar surface area (TPSA) is 65.1 Å². The lowest BCUT2D eigenvalue weighted by Crippen LogP contribution is -2.43. The van der Waals surface area contributed by atoms with Gasteiger partial charge >= 0.3 is 11.9 Å². The lowest BCUT2D eigenvalue weighted by atomic mass is 10.0. The second-order valence-electron chi connectivity index (χ2n) is 6.16. The van der Waals surface area contributed by atoms with Crippen LogP contribution in [0.3, 0.4) is 0 Å². The molecule has 2 saturated heterocycles. The first-order valence-corrected chi connectivity index (χ1v) is 7.45. The number of nitrogens with zero attached hydrogens (tertiary/aromatic N) is 1. The number of hydrogen-bond acceptors (Lipinski definition) is 6. The van der Waals surface area contributed by atoms with Crippen LogP contribution < -0.4 is 0 Å². The predicted molar refractivity (Wildman–Crippen MR) is 80.8 cm³/mol. The first-order valence-electron chi connectivity index (χ1n) is 7.45. The number of benzene rings is 1. The van der Waals surface area contributed by atoms with E-state index in [2.05, 4.69) is 0 Å². The molecule has 2 aliphatic rings. The van der Waals surface area contributed by atoms with Crippen molar-refractivity contribution >= 4 is 11.9 Å². The van der Waals surface area contributed by atoms with Gasteiger partial charge in [0.05, 0.1) is 6.04 Å². The average Bonchev–Trinajstić information content (AvgIpc) is 2.75. The summed E-state index contributed by atoms with van der Waals surface area (Å²) in [6.45, 7) is 4.99. The summed E-state index contributed by atoms with van der Waals surface area (Å²) in [6, 6.07) is 9.61. The van der Waals surface area contributed by atoms with Crippen molar-refractivity contribution in [2.45, 2.75) is 38.7 Å². The standard InChI is InChI=1S/C17H19NO5/c1-10-13(11-8-6-5-7-9-11)21-14(18(10)4)12-15(19)22-17(2,3)23-16(12)20/h5-10,13H,1-4H3/t10-,13+/m1/s1. The zero-order chi connectivity index (χ0) is 16.8. The van der Waals surface area contributed by atoms with Gasteiger partial charge in [0.25, 0.3) is 5.79 Å². The number of esters is 2. The van der Waals surface area contributed by atoms with Crippen LogP contribution in [0.15, 0.2) is 41.8 Å². The average molecular weight is 317 g/mol. The molecule has 23 heavy (non-hydrogen) atoms. The summed E-state index contributed by atoms with van der Waals surface area (Å²) in [5.74, 6) is -2.53. The van der Waals surface area contributed by atoms with Gasteiger partial charge in [-0.3, -0.25) is 0 Å². The van der Waals surface area contributed by atoms with Crippen LogP contribution >= 0.6 is 0 Å². The first-order chi connectivity index (χ1) is 10.8. The van der Waals surface area contributed by atoms with Crippen molar-refractivity contribution in [2.24, 2.45) is 0 Å². The Balaban J connectivity index is 1.97. The molecule has 6 heteroatoms. The smallest absolute Gasteiger partial charge is 0.354 e. The van der Waals surface area contributed by atoms with Gasteiger partial charge in [0, 0.05) is 20.9 Å². The highest BCUT2D eigenvalue weighted by atomic mass is 16.7. The molecule has 0 saturated carbocycles. The molecular formula is C17H19NO5. The highest BCUT2D eigenvalue weighted by Gasteiger charge is 2.46. The molecule has 0 aliphatic carbocycles. The van der Waals surface area contributed by atoms with E-state index in [1.807, 2.05) is 37.3 Å². The highest BCUT2D eigenvalue weighted by molar-refractivity contribution is 6.15. The Bertz CT molecular complexity index is 657. The van der Waals surface area contributed by atoms with Gasteiger partial charge in [0.2, 0.25) is 11.5 Å². The van der Waals surface area contributed by atoms with Crippen LogP contribution in [-0.2, 0) is 23.8 Å². The third kappa shape index (κ3) is 2.65. The van der Waals surface area contributed by atoms with Crippen molar-refractivity contribution < 1.29 is 23.8 Å². The molecule has 2 aliphatic heterocycles. The minimum Gasteiger partial charge on any atom is -0.468 e. The molecule has 122 valence electrons. The molecule has 0 radical (unpaired) electrons. The molecule has 2 fully saturated rings. The molecule has 1 aromatic carbocycles. The Labute approximate surface area is 134 Å². The summed E-state index contributed by atoms with van der Waals surface area (Å²) in [4.78, 5) is 26.2. The van der Waals surface area contributed by atoms with Gasteiger partial charge in [0.15, 0.2) is 0 Å². The van der Waals surface area contributed by atoms with Crippen LogP contribution in [0.4, 0.5) is 0 Å². The summed E-state index contributed by atoms with van der Waals surface area (Å²) in [6.07, 6.45) is -0.278. The number of carbonyl (C=O) groups is 2. The molecule has 0 bridgehead atoms. The van der Waals surface area contributed by atoms with Crippen molar-refractivity contribution in [1.82, 2.24) is 4.90 Å². The monoisotopic (exact) mass is 317 g/mol. The van der Waals surface area contributed by atoms with Gasteiger partial charge in [0.1, 0.15) is 6.10 Å². The van der Waals surface area contributed by atoms with Gasteiger partial charge in [-0.15, -0.1) is 0 Å². The van der Waals surface area contributed by atoms with Crippen LogP contribution in [0, 0.1) is 0 Å². The van der Waals surface area contributed by atoms with Crippen molar-refractivity contribution in [2.75, 3.05) is 7.05 Å². The van der Waals surface area contributed by atoms with E-state index in [1.54, 1.807) is 11.9 Å². The third-order valence-electron chi connectivity index (χ3n) is 4.04. The van der Waals surface area contributed by atoms with E-state index >= 15 is 0 Å². The fourth-order valence-corrected chi connectivity index (χ4v) is 2.74. The van der Waals surface area contributed by atoms with E-state index < -0.39 is 17.7 Å². The van der Waals surface area contributed by atoms with E-state index in [0.29, 0.717) is 0 Å². The number of rotatable bonds is 1. The van der Waals surface area contributed by atoms with E-state index in [1.165, 1.54) is 13.8 Å². The van der Waals surface area contributed by atoms with Crippen molar-refractivity contribution in [3.8, 4) is 0 Å². The number of likely N-dealkylation sites (N-methyl/N-ethyl adjacent to an activating group) is 1. The summed E-state index contributed by atoms with van der Waals surface area (Å²) >= 11 is 0. The molecule has 3 rings (SSSR count). The Morgan fingerprint density at radius 1 is 1.04 bits per heavy atom. The molecule has 2 atom stereocenters. The molecule has 0 amide bonds. The van der Waals surface area contributed by atoms with E-state index in [-0.39, 0.29) is 23.6 Å². The van der Waals surface area contributed by atoms with E-state index in [4.69, 9.17) is 14.2 Å². The summed E-state index contributed by atoms with van der Waals surface area (Å²) in [5, 5.41) is 0. The second-order valence-corrected chi connectivity index (χ2v) is 6.16. The van der Waals surface area contributed by atoms with Gasteiger partial charge < -0.3 is 19.1 Å². The summed E-state index contributed by atoms with van der Waals surface area (Å²) < 4.78 is 16.2. The fraction of sp³-hybridized carbons (Fsp3) is 0.412. The van der Waals surface area contributed by atoms with Crippen molar-refractivity contribution in [3.63, 3.8) is 0 Å². The molecule has 2 heterocycles. The number of hydrogen-bond donors (Lipinski definition) is 0. The molecular weight excluding hydrogens is 298 g/mol. The second kappa shape index (κ2) is 5.30. The van der Waals surface area contributed by atoms with Crippen LogP contribution in [0.25, 0.3) is 0 Å². The van der Waals surface area contributed by atoms with Crippen LogP contribution in [-0.4, -0.2) is 35.7 Å². The number of carbonyl (C=O) groups excluding carboxylic acids is 2. The molecule has 6 nitrogen and oxygen atoms in total. The number of ether oxygens (including phenoxy) is 3. The quantitative estimate of drug-likeness (QED) is 0.449. The summed E-state index contributed by atoms with van der Waals surface area (Å²) in [5.41, 5.74) is 0.775. The maximum Gasteiger partial charge on any atom is 0.354 e. The van der Waals surface area contributed by atoms with Gasteiger partial charge in [-0.25, -0.2) is 9.59 Å². The predicted octanol–water partition coefficient (Wildman–Crippen LogP) is 2.13. The largest absolute Gasteiger partial charge is 0.468 e. The van der Waals surface area contributed by atoms with Gasteiger partial charge in [-0.05, 0) is 12.5 Å². The fourth-order valence-electron chi connectivity index (χ4n) is 2.74. The Kier molecular flexibility index (Phi) is 3.55. The van der Waals surface area contributed by atoms with Crippen LogP contribution in [0.5, 0.6) is 0 Å². The molecule has 0 N–H and O–H groups in total. The molecule has 0 aromatic heterocycles. The van der Waals surface area contributed by atoms with Gasteiger partial charge in [-0.2, -0.15) is 0 Å². The maximum atomic E-state index is 12.2. The first kappa shape index (κ1) is 15.4.